The van der Waals surface area contributed by atoms with Crippen LogP contribution < -0.4 is 9.79 Å². The molecule has 2 saturated heterocycles. The summed E-state index contributed by atoms with van der Waals surface area (Å²) in [6.07, 6.45) is 8.28. The molecule has 0 aromatic carbocycles. The van der Waals surface area contributed by atoms with E-state index in [0.717, 1.165) is 44.9 Å². The van der Waals surface area contributed by atoms with Crippen LogP contribution in [-0.2, 0) is 63.5 Å². The van der Waals surface area contributed by atoms with Gasteiger partial charge in [-0.1, -0.05) is 25.7 Å². The second-order valence-corrected chi connectivity index (χ2v) is 20.6. The fourth-order valence-electron chi connectivity index (χ4n) is 3.97. The molecule has 0 radical (unpaired) electrons. The Kier molecular flexibility index (Phi) is 30.5. The van der Waals surface area contributed by atoms with Crippen molar-refractivity contribution >= 4 is 31.3 Å². The van der Waals surface area contributed by atoms with E-state index in [1.165, 1.54) is 0 Å². The number of aliphatic hydroxyl groups excluding tert-OH is 2. The fourth-order valence-corrected chi connectivity index (χ4v) is 7.78. The summed E-state index contributed by atoms with van der Waals surface area (Å²) in [5.41, 5.74) is 0. The highest BCUT2D eigenvalue weighted by atomic mass is 31.2. The van der Waals surface area contributed by atoms with Gasteiger partial charge in [0.25, 0.3) is 15.6 Å². The minimum Gasteiger partial charge on any atom is -0.756 e. The van der Waals surface area contributed by atoms with Gasteiger partial charge in [-0.3, -0.25) is 36.3 Å². The maximum atomic E-state index is 11.6. The van der Waals surface area contributed by atoms with Crippen LogP contribution in [0.4, 0.5) is 0 Å². The Morgan fingerprint density at radius 2 is 0.764 bits per heavy atom. The number of phosphoric acid groups is 4. The molecule has 2 unspecified atom stereocenters. The van der Waals surface area contributed by atoms with E-state index < -0.39 is 31.3 Å². The Balaban J connectivity index is 0.000000931. The number of hydrogen-bond donors (Lipinski definition) is 2. The van der Waals surface area contributed by atoms with E-state index >= 15 is 0 Å². The number of hydrogen-bond acceptors (Lipinski definition) is 18. The van der Waals surface area contributed by atoms with E-state index in [1.54, 1.807) is 0 Å². The van der Waals surface area contributed by atoms with Gasteiger partial charge in [-0.2, -0.15) is 0 Å². The SMILES string of the molecule is C[N+](C)(C)CCOP(=O)([O-])OCCCCCCOP(=O)([O-])OCC[N+](C)(C)C.O=P1(OCCCCCCOP2(=O)OCCO2)OCCO1.OCCCCCO. The fraction of sp³-hybridized carbons (Fsp3) is 1.00. The summed E-state index contributed by atoms with van der Waals surface area (Å²) < 4.78 is 96.5. The van der Waals surface area contributed by atoms with E-state index in [0.29, 0.717) is 87.4 Å². The molecule has 0 aliphatic carbocycles. The monoisotopic (exact) mass is 882 g/mol. The maximum Gasteiger partial charge on any atom is 0.474 e. The number of rotatable bonds is 30. The highest BCUT2D eigenvalue weighted by Gasteiger charge is 2.32. The van der Waals surface area contributed by atoms with Crippen LogP contribution in [0.25, 0.3) is 0 Å². The lowest BCUT2D eigenvalue weighted by Crippen LogP contribution is -2.37. The predicted octanol–water partition coefficient (Wildman–Crippen LogP) is 3.99. The molecular weight excluding hydrogens is 812 g/mol. The van der Waals surface area contributed by atoms with Crippen molar-refractivity contribution in [1.29, 1.82) is 0 Å². The van der Waals surface area contributed by atoms with Gasteiger partial charge < -0.3 is 47.1 Å². The summed E-state index contributed by atoms with van der Waals surface area (Å²) in [5.74, 6) is 0. The van der Waals surface area contributed by atoms with E-state index in [-0.39, 0.29) is 39.6 Å². The molecule has 24 heteroatoms. The average Bonchev–Trinajstić information content (AvgIpc) is 3.71. The molecule has 2 atom stereocenters. The van der Waals surface area contributed by atoms with E-state index in [2.05, 4.69) is 0 Å². The van der Waals surface area contributed by atoms with Crippen LogP contribution in [0.1, 0.15) is 70.6 Å². The second kappa shape index (κ2) is 30.3. The molecule has 0 aromatic rings. The molecule has 2 rings (SSSR count). The summed E-state index contributed by atoms with van der Waals surface area (Å²) in [4.78, 5) is 23.2. The molecule has 0 saturated carbocycles. The minimum absolute atomic E-state index is 0.0419. The van der Waals surface area contributed by atoms with E-state index in [1.807, 2.05) is 42.3 Å². The molecule has 0 amide bonds. The lowest BCUT2D eigenvalue weighted by atomic mass is 10.2. The number of aliphatic hydroxyl groups is 2. The van der Waals surface area contributed by atoms with Gasteiger partial charge in [-0.05, 0) is 44.9 Å². The first kappa shape index (κ1) is 55.3. The number of phosphoric ester groups is 4. The second-order valence-electron chi connectivity index (χ2n) is 14.5. The van der Waals surface area contributed by atoms with Gasteiger partial charge in [0.1, 0.15) is 26.3 Å². The highest BCUT2D eigenvalue weighted by Crippen LogP contribution is 2.53. The predicted molar refractivity (Wildman–Crippen MR) is 201 cm³/mol. The van der Waals surface area contributed by atoms with Crippen LogP contribution in [0.3, 0.4) is 0 Å². The van der Waals surface area contributed by atoms with Crippen molar-refractivity contribution < 1.29 is 92.5 Å². The standard InChI is InChI=1S/C16H38N2O8P2.C10H20O8P2.C5H12O2/c1-17(2,3)11-15-25-27(19,20)23-13-9-7-8-10-14-24-28(21,22)26-16-12-18(4,5)6;11-19(15-7-8-16-19)13-5-3-1-2-4-6-14-20(12)17-9-10-18-20;6-4-2-1-3-5-7/h7-16H2,1-6H3;1-10H2;6-7H,1-5H2. The molecular formula is C31H70N2O18P4. The molecule has 2 fully saturated rings. The zero-order chi connectivity index (χ0) is 41.7. The van der Waals surface area contributed by atoms with E-state index in [4.69, 9.17) is 55.5 Å². The van der Waals surface area contributed by atoms with Gasteiger partial charge in [0.05, 0.1) is 95.1 Å². The van der Waals surface area contributed by atoms with Gasteiger partial charge >= 0.3 is 15.6 Å². The molecule has 0 spiro atoms. The van der Waals surface area contributed by atoms with Crippen molar-refractivity contribution in [3.63, 3.8) is 0 Å². The number of nitrogens with zero attached hydrogens (tertiary/aromatic N) is 2. The molecule has 2 heterocycles. The average molecular weight is 883 g/mol. The summed E-state index contributed by atoms with van der Waals surface area (Å²) >= 11 is 0. The maximum absolute atomic E-state index is 11.6. The number of likely N-dealkylation sites (N-methyl/N-ethyl adjacent to an activating group) is 2. The van der Waals surface area contributed by atoms with Crippen LogP contribution in [-0.4, -0.2) is 154 Å². The Bertz CT molecular complexity index is 1050. The van der Waals surface area contributed by atoms with Crippen molar-refractivity contribution in [3.05, 3.63) is 0 Å². The first-order valence-corrected chi connectivity index (χ1v) is 24.6. The van der Waals surface area contributed by atoms with Crippen LogP contribution in [0.2, 0.25) is 0 Å². The molecule has 55 heavy (non-hydrogen) atoms. The van der Waals surface area contributed by atoms with Gasteiger partial charge in [0, 0.05) is 13.2 Å². The topological polar surface area (TPSA) is 247 Å². The molecule has 2 N–H and O–H groups in total. The van der Waals surface area contributed by atoms with Crippen LogP contribution in [0, 0.1) is 0 Å². The third kappa shape index (κ3) is 35.9. The van der Waals surface area contributed by atoms with Crippen LogP contribution >= 0.6 is 31.3 Å². The molecule has 2 aliphatic heterocycles. The number of unbranched alkanes of at least 4 members (excludes halogenated alkanes) is 8. The minimum atomic E-state index is -4.27. The van der Waals surface area contributed by atoms with Crippen molar-refractivity contribution in [1.82, 2.24) is 0 Å². The van der Waals surface area contributed by atoms with Gasteiger partial charge in [-0.15, -0.1) is 0 Å². The molecule has 20 nitrogen and oxygen atoms in total. The number of quaternary nitrogens is 2. The third-order valence-corrected chi connectivity index (χ3v) is 12.1. The van der Waals surface area contributed by atoms with Gasteiger partial charge in [-0.25, -0.2) is 9.13 Å². The summed E-state index contributed by atoms with van der Waals surface area (Å²) in [5, 5.41) is 16.4. The Morgan fingerprint density at radius 1 is 0.491 bits per heavy atom. The van der Waals surface area contributed by atoms with Crippen molar-refractivity contribution in [2.45, 2.75) is 70.6 Å². The zero-order valence-corrected chi connectivity index (χ0v) is 37.4. The lowest BCUT2D eigenvalue weighted by Gasteiger charge is -2.27. The lowest BCUT2D eigenvalue weighted by molar-refractivity contribution is -0.870. The van der Waals surface area contributed by atoms with Crippen LogP contribution in [0.5, 0.6) is 0 Å². The third-order valence-electron chi connectivity index (χ3n) is 7.08. The molecule has 0 aromatic heterocycles. The quantitative estimate of drug-likeness (QED) is 0.0588. The van der Waals surface area contributed by atoms with Crippen molar-refractivity contribution in [2.75, 3.05) is 135 Å². The van der Waals surface area contributed by atoms with Crippen molar-refractivity contribution in [3.8, 4) is 0 Å². The first-order chi connectivity index (χ1) is 25.7. The molecule has 332 valence electrons. The largest absolute Gasteiger partial charge is 0.756 e. The zero-order valence-electron chi connectivity index (χ0n) is 33.8. The molecule has 0 bridgehead atoms. The smallest absolute Gasteiger partial charge is 0.474 e. The normalized spacial score (nSPS) is 18.8. The molecule has 2 aliphatic rings. The van der Waals surface area contributed by atoms with Crippen molar-refractivity contribution in [2.24, 2.45) is 0 Å². The Morgan fingerprint density at radius 3 is 1.05 bits per heavy atom. The Labute approximate surface area is 328 Å². The Hall–Kier alpha value is 0.280. The summed E-state index contributed by atoms with van der Waals surface area (Å²) in [7, 11) is -3.41. The van der Waals surface area contributed by atoms with Crippen LogP contribution in [0.15, 0.2) is 0 Å². The summed E-state index contributed by atoms with van der Waals surface area (Å²) in [6, 6.07) is 0. The summed E-state index contributed by atoms with van der Waals surface area (Å²) in [6.45, 7) is 3.79. The van der Waals surface area contributed by atoms with Gasteiger partial charge in [0.2, 0.25) is 0 Å². The van der Waals surface area contributed by atoms with E-state index in [9.17, 15) is 28.0 Å². The van der Waals surface area contributed by atoms with Gasteiger partial charge in [0.15, 0.2) is 0 Å². The highest BCUT2D eigenvalue weighted by molar-refractivity contribution is 7.49. The first-order valence-electron chi connectivity index (χ1n) is 18.8.